The molecule has 2 rings (SSSR count). The van der Waals surface area contributed by atoms with Crippen molar-refractivity contribution in [3.63, 3.8) is 0 Å². The Kier molecular flexibility index (Phi) is 4.80. The van der Waals surface area contributed by atoms with Crippen molar-refractivity contribution in [1.82, 2.24) is 9.21 Å². The van der Waals surface area contributed by atoms with Gasteiger partial charge < -0.3 is 5.11 Å². The fraction of sp³-hybridized carbons (Fsp3) is 0.714. The van der Waals surface area contributed by atoms with Gasteiger partial charge >= 0.3 is 0 Å². The van der Waals surface area contributed by atoms with Gasteiger partial charge in [-0.05, 0) is 39.3 Å². The van der Waals surface area contributed by atoms with Gasteiger partial charge in [-0.25, -0.2) is 8.42 Å². The van der Waals surface area contributed by atoms with E-state index in [2.05, 4.69) is 25.7 Å². The van der Waals surface area contributed by atoms with Gasteiger partial charge in [-0.15, -0.1) is 11.3 Å². The van der Waals surface area contributed by atoms with E-state index < -0.39 is 10.0 Å². The van der Waals surface area contributed by atoms with Gasteiger partial charge in [0.25, 0.3) is 10.0 Å². The maximum atomic E-state index is 12.7. The van der Waals surface area contributed by atoms with Gasteiger partial charge in [0.05, 0.1) is 6.61 Å². The van der Waals surface area contributed by atoms with Crippen LogP contribution in [0.5, 0.6) is 0 Å². The Balaban J connectivity index is 2.15. The van der Waals surface area contributed by atoms with Gasteiger partial charge in [0.2, 0.25) is 0 Å². The van der Waals surface area contributed by atoms with E-state index in [-0.39, 0.29) is 12.1 Å². The van der Waals surface area contributed by atoms with Gasteiger partial charge in [0.1, 0.15) is 4.21 Å². The molecule has 0 spiro atoms. The second-order valence-corrected chi connectivity index (χ2v) is 9.69. The Hall–Kier alpha value is -0.470. The van der Waals surface area contributed by atoms with E-state index in [1.165, 1.54) is 11.3 Å². The molecule has 1 aromatic heterocycles. The lowest BCUT2D eigenvalue weighted by molar-refractivity contribution is 0.0922. The minimum Gasteiger partial charge on any atom is -0.391 e. The number of aliphatic hydroxyl groups excluding tert-OH is 1. The standard InChI is InChI=1S/C14H24N2O3S2/c1-11-9-13(20-12(11)10-17)21(18,19)16-7-5-15(6-8-16)14(2,3)4/h9,17H,5-8,10H2,1-4H3. The molecule has 0 atom stereocenters. The van der Waals surface area contributed by atoms with Crippen molar-refractivity contribution in [2.45, 2.75) is 44.0 Å². The molecule has 1 aliphatic rings. The highest BCUT2D eigenvalue weighted by molar-refractivity contribution is 7.91. The largest absolute Gasteiger partial charge is 0.391 e. The highest BCUT2D eigenvalue weighted by Crippen LogP contribution is 2.29. The fourth-order valence-corrected chi connectivity index (χ4v) is 5.53. The van der Waals surface area contributed by atoms with E-state index in [1.54, 1.807) is 10.4 Å². The first kappa shape index (κ1) is 16.9. The maximum Gasteiger partial charge on any atom is 0.252 e. The van der Waals surface area contributed by atoms with Crippen molar-refractivity contribution in [1.29, 1.82) is 0 Å². The molecule has 1 aromatic rings. The first-order chi connectivity index (χ1) is 9.66. The van der Waals surface area contributed by atoms with Crippen LogP contribution in [0.15, 0.2) is 10.3 Å². The van der Waals surface area contributed by atoms with Crippen LogP contribution in [0.3, 0.4) is 0 Å². The number of hydrogen-bond donors (Lipinski definition) is 1. The molecule has 5 nitrogen and oxygen atoms in total. The molecule has 0 radical (unpaired) electrons. The third-order valence-electron chi connectivity index (χ3n) is 3.92. The summed E-state index contributed by atoms with van der Waals surface area (Å²) in [6.07, 6.45) is 0. The van der Waals surface area contributed by atoms with Crippen LogP contribution in [0.4, 0.5) is 0 Å². The molecule has 120 valence electrons. The van der Waals surface area contributed by atoms with Crippen molar-refractivity contribution in [2.75, 3.05) is 26.2 Å². The highest BCUT2D eigenvalue weighted by Gasteiger charge is 2.33. The summed E-state index contributed by atoms with van der Waals surface area (Å²) in [7, 11) is -3.43. The lowest BCUT2D eigenvalue weighted by Gasteiger charge is -2.41. The van der Waals surface area contributed by atoms with E-state index in [9.17, 15) is 13.5 Å². The number of aryl methyl sites for hydroxylation is 1. The molecule has 1 N–H and O–H groups in total. The van der Waals surface area contributed by atoms with Crippen molar-refractivity contribution >= 4 is 21.4 Å². The summed E-state index contributed by atoms with van der Waals surface area (Å²) >= 11 is 1.17. The molecule has 0 bridgehead atoms. The summed E-state index contributed by atoms with van der Waals surface area (Å²) in [4.78, 5) is 3.03. The number of sulfonamides is 1. The second kappa shape index (κ2) is 5.96. The third-order valence-corrected chi connectivity index (χ3v) is 7.49. The number of thiophene rings is 1. The molecule has 0 aromatic carbocycles. The molecule has 1 saturated heterocycles. The first-order valence-corrected chi connectivity index (χ1v) is 9.37. The summed E-state index contributed by atoms with van der Waals surface area (Å²) < 4.78 is 27.2. The van der Waals surface area contributed by atoms with Crippen molar-refractivity contribution in [2.24, 2.45) is 0 Å². The molecular formula is C14H24N2O3S2. The fourth-order valence-electron chi connectivity index (χ4n) is 2.50. The lowest BCUT2D eigenvalue weighted by Crippen LogP contribution is -2.54. The molecule has 0 aliphatic carbocycles. The zero-order chi connectivity index (χ0) is 15.8. The number of hydrogen-bond acceptors (Lipinski definition) is 5. The van der Waals surface area contributed by atoms with Gasteiger partial charge in [-0.3, -0.25) is 4.90 Å². The zero-order valence-corrected chi connectivity index (χ0v) is 14.7. The van der Waals surface area contributed by atoms with Crippen LogP contribution in [0.1, 0.15) is 31.2 Å². The van der Waals surface area contributed by atoms with Gasteiger partial charge in [-0.1, -0.05) is 0 Å². The average molecular weight is 332 g/mol. The van der Waals surface area contributed by atoms with E-state index in [4.69, 9.17) is 0 Å². The minimum atomic E-state index is -3.43. The SMILES string of the molecule is Cc1cc(S(=O)(=O)N2CCN(C(C)(C)C)CC2)sc1CO. The number of rotatable bonds is 3. The van der Waals surface area contributed by atoms with Crippen LogP contribution < -0.4 is 0 Å². The van der Waals surface area contributed by atoms with Gasteiger partial charge in [0, 0.05) is 36.6 Å². The van der Waals surface area contributed by atoms with Crippen molar-refractivity contribution in [3.8, 4) is 0 Å². The summed E-state index contributed by atoms with van der Waals surface area (Å²) in [5, 5.41) is 9.23. The van der Waals surface area contributed by atoms with E-state index in [0.717, 1.165) is 23.5 Å². The summed E-state index contributed by atoms with van der Waals surface area (Å²) in [6, 6.07) is 1.67. The molecule has 2 heterocycles. The first-order valence-electron chi connectivity index (χ1n) is 7.11. The van der Waals surface area contributed by atoms with Crippen LogP contribution in [-0.2, 0) is 16.6 Å². The molecule has 21 heavy (non-hydrogen) atoms. The van der Waals surface area contributed by atoms with Gasteiger partial charge in [-0.2, -0.15) is 4.31 Å². The topological polar surface area (TPSA) is 60.9 Å². The Labute approximate surface area is 131 Å². The predicted octanol–water partition coefficient (Wildman–Crippen LogP) is 1.65. The molecule has 0 unspecified atom stereocenters. The van der Waals surface area contributed by atoms with E-state index >= 15 is 0 Å². The smallest absolute Gasteiger partial charge is 0.252 e. The Morgan fingerprint density at radius 2 is 1.81 bits per heavy atom. The van der Waals surface area contributed by atoms with Crippen molar-refractivity contribution < 1.29 is 13.5 Å². The number of aliphatic hydroxyl groups is 1. The second-order valence-electron chi connectivity index (χ2n) is 6.39. The predicted molar refractivity (Wildman–Crippen MR) is 85.1 cm³/mol. The van der Waals surface area contributed by atoms with Crippen LogP contribution >= 0.6 is 11.3 Å². The molecule has 0 amide bonds. The van der Waals surface area contributed by atoms with Crippen molar-refractivity contribution in [3.05, 3.63) is 16.5 Å². The van der Waals surface area contributed by atoms with E-state index in [0.29, 0.717) is 17.3 Å². The summed E-state index contributed by atoms with van der Waals surface area (Å²) in [5.74, 6) is 0. The third kappa shape index (κ3) is 3.48. The molecule has 0 saturated carbocycles. The molecule has 1 aliphatic heterocycles. The minimum absolute atomic E-state index is 0.0689. The average Bonchev–Trinajstić information content (AvgIpc) is 2.80. The molecule has 1 fully saturated rings. The van der Waals surface area contributed by atoms with Crippen LogP contribution in [-0.4, -0.2) is 54.4 Å². The Bertz CT molecular complexity index is 594. The lowest BCUT2D eigenvalue weighted by atomic mass is 10.1. The summed E-state index contributed by atoms with van der Waals surface area (Å²) in [6.45, 7) is 10.7. The maximum absolute atomic E-state index is 12.7. The molecule has 7 heteroatoms. The number of nitrogens with zero attached hydrogens (tertiary/aromatic N) is 2. The Morgan fingerprint density at radius 3 is 2.24 bits per heavy atom. The molecular weight excluding hydrogens is 308 g/mol. The van der Waals surface area contributed by atoms with Crippen LogP contribution in [0.2, 0.25) is 0 Å². The Morgan fingerprint density at radius 1 is 1.24 bits per heavy atom. The zero-order valence-electron chi connectivity index (χ0n) is 13.1. The quantitative estimate of drug-likeness (QED) is 0.914. The van der Waals surface area contributed by atoms with E-state index in [1.807, 2.05) is 6.92 Å². The monoisotopic (exact) mass is 332 g/mol. The van der Waals surface area contributed by atoms with Crippen LogP contribution in [0, 0.1) is 6.92 Å². The van der Waals surface area contributed by atoms with Crippen LogP contribution in [0.25, 0.3) is 0 Å². The van der Waals surface area contributed by atoms with Gasteiger partial charge in [0.15, 0.2) is 0 Å². The number of piperazine rings is 1. The summed E-state index contributed by atoms with van der Waals surface area (Å²) in [5.41, 5.74) is 0.911. The normalized spacial score (nSPS) is 19.1. The highest BCUT2D eigenvalue weighted by atomic mass is 32.2.